The third kappa shape index (κ3) is 3.22. The molecular formula is C16H22BrClN2. The predicted octanol–water partition coefficient (Wildman–Crippen LogP) is 4.21. The van der Waals surface area contributed by atoms with Crippen LogP contribution in [0.2, 0.25) is 5.02 Å². The van der Waals surface area contributed by atoms with Crippen molar-refractivity contribution in [1.29, 1.82) is 0 Å². The van der Waals surface area contributed by atoms with Gasteiger partial charge >= 0.3 is 0 Å². The first kappa shape index (κ1) is 14.8. The Morgan fingerprint density at radius 3 is 2.60 bits per heavy atom. The minimum Gasteiger partial charge on any atom is -0.311 e. The average molecular weight is 358 g/mol. The third-order valence-corrected chi connectivity index (χ3v) is 5.60. The zero-order valence-electron chi connectivity index (χ0n) is 11.9. The Morgan fingerprint density at radius 1 is 1.30 bits per heavy atom. The molecule has 0 aromatic heterocycles. The molecule has 2 nitrogen and oxygen atoms in total. The number of hydrogen-bond acceptors (Lipinski definition) is 2. The molecule has 2 atom stereocenters. The summed E-state index contributed by atoms with van der Waals surface area (Å²) >= 11 is 9.84. The molecule has 1 N–H and O–H groups in total. The minimum atomic E-state index is 0.707. The lowest BCUT2D eigenvalue weighted by Crippen LogP contribution is -2.47. The van der Waals surface area contributed by atoms with E-state index >= 15 is 0 Å². The number of halogens is 2. The lowest BCUT2D eigenvalue weighted by atomic mass is 9.97. The van der Waals surface area contributed by atoms with Crippen molar-refractivity contribution in [2.45, 2.75) is 57.3 Å². The molecule has 1 aromatic rings. The molecule has 2 aliphatic rings. The SMILES string of the molecule is CCN(Cc1ccc(Br)cc1Cl)C1CC2CCC(C1)N2. The van der Waals surface area contributed by atoms with Gasteiger partial charge in [-0.1, -0.05) is 40.5 Å². The van der Waals surface area contributed by atoms with Crippen molar-refractivity contribution in [3.05, 3.63) is 33.3 Å². The van der Waals surface area contributed by atoms with E-state index in [2.05, 4.69) is 45.2 Å². The molecule has 2 unspecified atom stereocenters. The molecule has 2 bridgehead atoms. The summed E-state index contributed by atoms with van der Waals surface area (Å²) in [5.74, 6) is 0. The maximum Gasteiger partial charge on any atom is 0.0462 e. The van der Waals surface area contributed by atoms with Gasteiger partial charge in [0.15, 0.2) is 0 Å². The Morgan fingerprint density at radius 2 is 2.00 bits per heavy atom. The highest BCUT2D eigenvalue weighted by molar-refractivity contribution is 9.10. The zero-order chi connectivity index (χ0) is 14.1. The first-order valence-corrected chi connectivity index (χ1v) is 8.77. The van der Waals surface area contributed by atoms with Crippen molar-refractivity contribution in [3.63, 3.8) is 0 Å². The van der Waals surface area contributed by atoms with Gasteiger partial charge in [-0.3, -0.25) is 4.90 Å². The molecule has 2 saturated heterocycles. The molecule has 0 amide bonds. The molecule has 110 valence electrons. The molecule has 2 heterocycles. The minimum absolute atomic E-state index is 0.707. The van der Waals surface area contributed by atoms with Crippen molar-refractivity contribution < 1.29 is 0 Å². The molecule has 20 heavy (non-hydrogen) atoms. The van der Waals surface area contributed by atoms with Crippen molar-refractivity contribution in [2.75, 3.05) is 6.54 Å². The van der Waals surface area contributed by atoms with Gasteiger partial charge in [-0.05, 0) is 49.9 Å². The summed E-state index contributed by atoms with van der Waals surface area (Å²) in [4.78, 5) is 2.60. The first-order valence-electron chi connectivity index (χ1n) is 7.59. The molecule has 1 aromatic carbocycles. The van der Waals surface area contributed by atoms with Gasteiger partial charge in [0.25, 0.3) is 0 Å². The van der Waals surface area contributed by atoms with Gasteiger partial charge < -0.3 is 5.32 Å². The fourth-order valence-corrected chi connectivity index (χ4v) is 4.43. The Labute approximate surface area is 135 Å². The Balaban J connectivity index is 1.70. The molecule has 0 spiro atoms. The number of benzene rings is 1. The van der Waals surface area contributed by atoms with Crippen LogP contribution in [-0.2, 0) is 6.54 Å². The van der Waals surface area contributed by atoms with Gasteiger partial charge in [0, 0.05) is 34.2 Å². The Bertz CT molecular complexity index is 468. The third-order valence-electron chi connectivity index (χ3n) is 4.76. The summed E-state index contributed by atoms with van der Waals surface area (Å²) in [6.45, 7) is 4.32. The second-order valence-corrected chi connectivity index (χ2v) is 7.38. The van der Waals surface area contributed by atoms with Gasteiger partial charge in [0.1, 0.15) is 0 Å². The van der Waals surface area contributed by atoms with Crippen LogP contribution in [0, 0.1) is 0 Å². The van der Waals surface area contributed by atoms with E-state index in [1.807, 2.05) is 6.07 Å². The largest absolute Gasteiger partial charge is 0.311 e. The van der Waals surface area contributed by atoms with Crippen molar-refractivity contribution in [2.24, 2.45) is 0 Å². The number of hydrogen-bond donors (Lipinski definition) is 1. The lowest BCUT2D eigenvalue weighted by molar-refractivity contribution is 0.141. The Kier molecular flexibility index (Phi) is 4.71. The summed E-state index contributed by atoms with van der Waals surface area (Å²) in [7, 11) is 0. The molecular weight excluding hydrogens is 336 g/mol. The van der Waals surface area contributed by atoms with Crippen molar-refractivity contribution in [1.82, 2.24) is 10.2 Å². The fourth-order valence-electron chi connectivity index (χ4n) is 3.69. The molecule has 4 heteroatoms. The topological polar surface area (TPSA) is 15.3 Å². The van der Waals surface area contributed by atoms with Gasteiger partial charge in [-0.25, -0.2) is 0 Å². The molecule has 2 fully saturated rings. The standard InChI is InChI=1S/C16H22BrClN2/c1-2-20(10-11-3-4-12(17)7-16(11)18)15-8-13-5-6-14(9-15)19-13/h3-4,7,13-15,19H,2,5-6,8-10H2,1H3. The molecule has 3 rings (SSSR count). The summed E-state index contributed by atoms with van der Waals surface area (Å²) < 4.78 is 1.05. The maximum absolute atomic E-state index is 6.37. The van der Waals surface area contributed by atoms with Crippen molar-refractivity contribution in [3.8, 4) is 0 Å². The van der Waals surface area contributed by atoms with E-state index in [0.717, 1.165) is 34.7 Å². The maximum atomic E-state index is 6.37. The zero-order valence-corrected chi connectivity index (χ0v) is 14.3. The van der Waals surface area contributed by atoms with Crippen LogP contribution < -0.4 is 5.32 Å². The van der Waals surface area contributed by atoms with Crippen molar-refractivity contribution >= 4 is 27.5 Å². The summed E-state index contributed by atoms with van der Waals surface area (Å²) in [6.07, 6.45) is 5.30. The van der Waals surface area contributed by atoms with Crippen LogP contribution in [0.5, 0.6) is 0 Å². The summed E-state index contributed by atoms with van der Waals surface area (Å²) in [5, 5.41) is 4.59. The van der Waals surface area contributed by atoms with Gasteiger partial charge in [0.05, 0.1) is 0 Å². The fraction of sp³-hybridized carbons (Fsp3) is 0.625. The summed E-state index contributed by atoms with van der Waals surface area (Å²) in [6, 6.07) is 8.42. The Hall–Kier alpha value is -0.0900. The smallest absolute Gasteiger partial charge is 0.0462 e. The number of nitrogens with one attached hydrogen (secondary N) is 1. The van der Waals surface area contributed by atoms with E-state index in [0.29, 0.717) is 6.04 Å². The average Bonchev–Trinajstić information content (AvgIpc) is 2.77. The van der Waals surface area contributed by atoms with Gasteiger partial charge in [-0.15, -0.1) is 0 Å². The highest BCUT2D eigenvalue weighted by Crippen LogP contribution is 2.31. The van der Waals surface area contributed by atoms with E-state index in [9.17, 15) is 0 Å². The molecule has 2 aliphatic heterocycles. The van der Waals surface area contributed by atoms with Crippen LogP contribution in [0.3, 0.4) is 0 Å². The van der Waals surface area contributed by atoms with Crippen LogP contribution in [0.4, 0.5) is 0 Å². The van der Waals surface area contributed by atoms with E-state index in [1.165, 1.54) is 31.2 Å². The predicted molar refractivity (Wildman–Crippen MR) is 88.2 cm³/mol. The van der Waals surface area contributed by atoms with E-state index in [-0.39, 0.29) is 0 Å². The number of nitrogens with zero attached hydrogens (tertiary/aromatic N) is 1. The van der Waals surface area contributed by atoms with Gasteiger partial charge in [-0.2, -0.15) is 0 Å². The molecule has 0 aliphatic carbocycles. The normalized spacial score (nSPS) is 29.1. The number of fused-ring (bicyclic) bond motifs is 2. The number of rotatable bonds is 4. The lowest BCUT2D eigenvalue weighted by Gasteiger charge is -2.37. The monoisotopic (exact) mass is 356 g/mol. The van der Waals surface area contributed by atoms with E-state index in [1.54, 1.807) is 0 Å². The quantitative estimate of drug-likeness (QED) is 0.868. The first-order chi connectivity index (χ1) is 9.65. The molecule has 0 saturated carbocycles. The van der Waals surface area contributed by atoms with Crippen LogP contribution in [0.1, 0.15) is 38.2 Å². The summed E-state index contributed by atoms with van der Waals surface area (Å²) in [5.41, 5.74) is 1.24. The van der Waals surface area contributed by atoms with E-state index < -0.39 is 0 Å². The second-order valence-electron chi connectivity index (χ2n) is 6.06. The highest BCUT2D eigenvalue weighted by Gasteiger charge is 2.35. The van der Waals surface area contributed by atoms with E-state index in [4.69, 9.17) is 11.6 Å². The van der Waals surface area contributed by atoms with Crippen LogP contribution in [0.25, 0.3) is 0 Å². The second kappa shape index (κ2) is 6.35. The van der Waals surface area contributed by atoms with Crippen LogP contribution in [0.15, 0.2) is 22.7 Å². The van der Waals surface area contributed by atoms with Gasteiger partial charge in [0.2, 0.25) is 0 Å². The van der Waals surface area contributed by atoms with Crippen LogP contribution >= 0.6 is 27.5 Å². The molecule has 0 radical (unpaired) electrons. The number of piperidine rings is 1. The highest BCUT2D eigenvalue weighted by atomic mass is 79.9. The van der Waals surface area contributed by atoms with Crippen LogP contribution in [-0.4, -0.2) is 29.6 Å².